The van der Waals surface area contributed by atoms with Crippen molar-refractivity contribution >= 4 is 40.9 Å². The molecular formula is C30H27ClN4O3S. The largest absolute Gasteiger partial charge is 0.495 e. The summed E-state index contributed by atoms with van der Waals surface area (Å²) in [6.45, 7) is 2.18. The molecule has 0 saturated carbocycles. The molecule has 0 aliphatic carbocycles. The fourth-order valence-corrected chi connectivity index (χ4v) is 5.44. The van der Waals surface area contributed by atoms with Gasteiger partial charge < -0.3 is 20.7 Å². The second-order valence-electron chi connectivity index (χ2n) is 8.68. The number of para-hydroxylation sites is 2. The molecule has 0 aromatic heterocycles. The third kappa shape index (κ3) is 6.63. The Kier molecular flexibility index (Phi) is 9.31. The lowest BCUT2D eigenvalue weighted by Crippen LogP contribution is -2.31. The lowest BCUT2D eigenvalue weighted by molar-refractivity contribution is -0.118. The first-order valence-corrected chi connectivity index (χ1v) is 13.5. The van der Waals surface area contributed by atoms with E-state index in [1.165, 1.54) is 18.9 Å². The minimum atomic E-state index is -0.741. The SMILES string of the molecule is COc1ccccc1NC(=O)C1=C(C)NC(SCC(=O)NCc2ccccc2)=C(C#N)[C@H]1c1ccccc1Cl. The van der Waals surface area contributed by atoms with Crippen LogP contribution in [0.1, 0.15) is 24.0 Å². The van der Waals surface area contributed by atoms with E-state index in [9.17, 15) is 14.9 Å². The maximum Gasteiger partial charge on any atom is 0.254 e. The summed E-state index contributed by atoms with van der Waals surface area (Å²) in [5.41, 5.74) is 3.32. The van der Waals surface area contributed by atoms with Gasteiger partial charge in [-0.25, -0.2) is 0 Å². The molecule has 3 N–H and O–H groups in total. The molecular weight excluding hydrogens is 532 g/mol. The number of amides is 2. The molecule has 0 unspecified atom stereocenters. The fourth-order valence-electron chi connectivity index (χ4n) is 4.27. The van der Waals surface area contributed by atoms with Gasteiger partial charge in [0.1, 0.15) is 5.75 Å². The van der Waals surface area contributed by atoms with Crippen molar-refractivity contribution in [2.75, 3.05) is 18.2 Å². The second-order valence-corrected chi connectivity index (χ2v) is 10.1. The van der Waals surface area contributed by atoms with Crippen molar-refractivity contribution in [3.63, 3.8) is 0 Å². The molecule has 0 fully saturated rings. The van der Waals surface area contributed by atoms with Crippen molar-refractivity contribution in [2.45, 2.75) is 19.4 Å². The Bertz CT molecular complexity index is 1480. The number of nitriles is 1. The van der Waals surface area contributed by atoms with Crippen molar-refractivity contribution in [1.82, 2.24) is 10.6 Å². The molecule has 7 nitrogen and oxygen atoms in total. The van der Waals surface area contributed by atoms with E-state index < -0.39 is 11.8 Å². The molecule has 2 amide bonds. The van der Waals surface area contributed by atoms with Crippen molar-refractivity contribution in [3.05, 3.63) is 117 Å². The predicted molar refractivity (Wildman–Crippen MR) is 155 cm³/mol. The van der Waals surface area contributed by atoms with Gasteiger partial charge in [0.25, 0.3) is 5.91 Å². The van der Waals surface area contributed by atoms with Gasteiger partial charge >= 0.3 is 0 Å². The number of nitrogens with zero attached hydrogens (tertiary/aromatic N) is 1. The predicted octanol–water partition coefficient (Wildman–Crippen LogP) is 5.73. The Morgan fingerprint density at radius 2 is 1.74 bits per heavy atom. The van der Waals surface area contributed by atoms with Crippen molar-refractivity contribution in [1.29, 1.82) is 5.26 Å². The summed E-state index contributed by atoms with van der Waals surface area (Å²) in [6.07, 6.45) is 0. The number of ether oxygens (including phenoxy) is 1. The Hall–Kier alpha value is -4.19. The van der Waals surface area contributed by atoms with Gasteiger partial charge in [-0.2, -0.15) is 5.26 Å². The summed E-state index contributed by atoms with van der Waals surface area (Å²) < 4.78 is 5.38. The third-order valence-electron chi connectivity index (χ3n) is 6.14. The minimum absolute atomic E-state index is 0.0889. The van der Waals surface area contributed by atoms with Crippen molar-refractivity contribution in [2.24, 2.45) is 0 Å². The maximum atomic E-state index is 13.7. The van der Waals surface area contributed by atoms with E-state index in [2.05, 4.69) is 22.0 Å². The summed E-state index contributed by atoms with van der Waals surface area (Å²) >= 11 is 7.79. The number of carbonyl (C=O) groups excluding carboxylic acids is 2. The molecule has 0 saturated heterocycles. The zero-order chi connectivity index (χ0) is 27.8. The Morgan fingerprint density at radius 1 is 1.05 bits per heavy atom. The number of rotatable bonds is 9. The number of thioether (sulfide) groups is 1. The van der Waals surface area contributed by atoms with Crippen LogP contribution >= 0.6 is 23.4 Å². The molecule has 3 aromatic rings. The average Bonchev–Trinajstić information content (AvgIpc) is 2.95. The number of anilines is 1. The zero-order valence-corrected chi connectivity index (χ0v) is 23.0. The molecule has 0 radical (unpaired) electrons. The molecule has 1 aliphatic rings. The Balaban J connectivity index is 1.62. The first-order chi connectivity index (χ1) is 18.9. The van der Waals surface area contributed by atoms with E-state index in [-0.39, 0.29) is 11.7 Å². The molecule has 4 rings (SSSR count). The molecule has 0 bridgehead atoms. The monoisotopic (exact) mass is 558 g/mol. The number of benzene rings is 3. The van der Waals surface area contributed by atoms with E-state index in [1.54, 1.807) is 43.3 Å². The van der Waals surface area contributed by atoms with Crippen LogP contribution in [0.5, 0.6) is 5.75 Å². The van der Waals surface area contributed by atoms with Crippen LogP contribution in [-0.4, -0.2) is 24.7 Å². The van der Waals surface area contributed by atoms with E-state index in [1.807, 2.05) is 42.5 Å². The lowest BCUT2D eigenvalue weighted by Gasteiger charge is -2.30. The smallest absolute Gasteiger partial charge is 0.254 e. The van der Waals surface area contributed by atoms with Crippen LogP contribution in [0.25, 0.3) is 0 Å². The van der Waals surface area contributed by atoms with Crippen molar-refractivity contribution < 1.29 is 14.3 Å². The highest BCUT2D eigenvalue weighted by molar-refractivity contribution is 8.03. The molecule has 1 aliphatic heterocycles. The summed E-state index contributed by atoms with van der Waals surface area (Å²) in [5.74, 6) is -0.713. The molecule has 39 heavy (non-hydrogen) atoms. The number of nitrogens with one attached hydrogen (secondary N) is 3. The van der Waals surface area contributed by atoms with Gasteiger partial charge in [-0.15, -0.1) is 0 Å². The third-order valence-corrected chi connectivity index (χ3v) is 7.50. The molecule has 9 heteroatoms. The summed E-state index contributed by atoms with van der Waals surface area (Å²) in [4.78, 5) is 26.3. The fraction of sp³-hybridized carbons (Fsp3) is 0.167. The van der Waals surface area contributed by atoms with Crippen LogP contribution in [0.4, 0.5) is 5.69 Å². The highest BCUT2D eigenvalue weighted by Gasteiger charge is 2.36. The quantitative estimate of drug-likeness (QED) is 0.310. The van der Waals surface area contributed by atoms with Crippen LogP contribution in [0.15, 0.2) is 101 Å². The highest BCUT2D eigenvalue weighted by atomic mass is 35.5. The number of dihydropyridines is 1. The minimum Gasteiger partial charge on any atom is -0.495 e. The molecule has 0 spiro atoms. The Labute approximate surface area is 236 Å². The van der Waals surface area contributed by atoms with Gasteiger partial charge in [-0.05, 0) is 36.2 Å². The van der Waals surface area contributed by atoms with Crippen LogP contribution in [0, 0.1) is 11.3 Å². The first kappa shape index (κ1) is 27.8. The number of hydrogen-bond acceptors (Lipinski definition) is 6. The summed E-state index contributed by atoms with van der Waals surface area (Å²) in [5, 5.41) is 20.2. The number of allylic oxidation sites excluding steroid dienone is 2. The van der Waals surface area contributed by atoms with Gasteiger partial charge in [0.05, 0.1) is 41.1 Å². The standard InChI is InChI=1S/C30H27ClN4O3S/c1-19-27(29(37)35-24-14-8-9-15-25(24)38-2)28(21-12-6-7-13-23(21)31)22(16-32)30(34-19)39-18-26(36)33-17-20-10-4-3-5-11-20/h3-15,28,34H,17-18H2,1-2H3,(H,33,36)(H,35,37)/t28-/m1/s1. The van der Waals surface area contributed by atoms with Crippen molar-refractivity contribution in [3.8, 4) is 11.8 Å². The van der Waals surface area contributed by atoms with Crippen LogP contribution in [0.2, 0.25) is 5.02 Å². The van der Waals surface area contributed by atoms with E-state index in [4.69, 9.17) is 16.3 Å². The normalized spacial score (nSPS) is 14.8. The molecule has 1 heterocycles. The topological polar surface area (TPSA) is 103 Å². The zero-order valence-electron chi connectivity index (χ0n) is 21.5. The van der Waals surface area contributed by atoms with Gasteiger partial charge in [0.15, 0.2) is 0 Å². The van der Waals surface area contributed by atoms with Gasteiger partial charge in [-0.1, -0.05) is 84.0 Å². The molecule has 1 atom stereocenters. The Morgan fingerprint density at radius 3 is 2.46 bits per heavy atom. The van der Waals surface area contributed by atoms with Gasteiger partial charge in [0, 0.05) is 22.8 Å². The number of carbonyl (C=O) groups is 2. The first-order valence-electron chi connectivity index (χ1n) is 12.2. The van der Waals surface area contributed by atoms with Gasteiger partial charge in [0.2, 0.25) is 5.91 Å². The number of hydrogen-bond donors (Lipinski definition) is 3. The van der Waals surface area contributed by atoms with Gasteiger partial charge in [-0.3, -0.25) is 9.59 Å². The number of halogens is 1. The van der Waals surface area contributed by atoms with E-state index >= 15 is 0 Å². The molecule has 3 aromatic carbocycles. The lowest BCUT2D eigenvalue weighted by atomic mass is 9.82. The summed E-state index contributed by atoms with van der Waals surface area (Å²) in [7, 11) is 1.53. The van der Waals surface area contributed by atoms with Crippen LogP contribution in [-0.2, 0) is 16.1 Å². The van der Waals surface area contributed by atoms with Crippen LogP contribution < -0.4 is 20.7 Å². The molecule has 198 valence electrons. The maximum absolute atomic E-state index is 13.7. The average molecular weight is 559 g/mol. The summed E-state index contributed by atoms with van der Waals surface area (Å²) in [6, 6.07) is 26.1. The second kappa shape index (κ2) is 13.1. The highest BCUT2D eigenvalue weighted by Crippen LogP contribution is 2.43. The van der Waals surface area contributed by atoms with E-state index in [0.29, 0.717) is 50.4 Å². The van der Waals surface area contributed by atoms with Crippen LogP contribution in [0.3, 0.4) is 0 Å². The van der Waals surface area contributed by atoms with E-state index in [0.717, 1.165) is 5.56 Å². The number of methoxy groups -OCH3 is 1.